The first kappa shape index (κ1) is 25.9. The molecule has 0 bridgehead atoms. The third kappa shape index (κ3) is 5.99. The minimum atomic E-state index is -0.456. The lowest BCUT2D eigenvalue weighted by Gasteiger charge is -2.44. The lowest BCUT2D eigenvalue weighted by molar-refractivity contribution is -0.140. The smallest absolute Gasteiger partial charge is 0.228 e. The molecule has 2 fully saturated rings. The van der Waals surface area contributed by atoms with Crippen LogP contribution in [-0.2, 0) is 11.3 Å². The van der Waals surface area contributed by atoms with Crippen molar-refractivity contribution in [3.05, 3.63) is 64.4 Å². The summed E-state index contributed by atoms with van der Waals surface area (Å²) in [6.07, 6.45) is 1.20. The largest absolute Gasteiger partial charge is 0.359 e. The van der Waals surface area contributed by atoms with Crippen LogP contribution >= 0.6 is 11.6 Å². The van der Waals surface area contributed by atoms with Crippen LogP contribution < -0.4 is 4.90 Å². The second kappa shape index (κ2) is 10.5. The average molecular weight is 501 g/mol. The standard InChI is InChI=1S/C28H38ClFN4O/c1-28(2,3)27(35)33-14-15-34(25-11-10-22(29)16-24(25)30)26(19-33)21-8-6-20(7-9-21)17-32-13-12-23(18-32)31(4)5/h6-11,16,23,26H,12-15,17-19H2,1-5H3/t23-,26-/m0/s1. The Kier molecular flexibility index (Phi) is 7.74. The van der Waals surface area contributed by atoms with Crippen molar-refractivity contribution in [1.29, 1.82) is 0 Å². The van der Waals surface area contributed by atoms with Gasteiger partial charge in [-0.2, -0.15) is 0 Å². The molecule has 0 aromatic heterocycles. The summed E-state index contributed by atoms with van der Waals surface area (Å²) in [6, 6.07) is 14.0. The predicted octanol–water partition coefficient (Wildman–Crippen LogP) is 5.05. The van der Waals surface area contributed by atoms with E-state index >= 15 is 0 Å². The van der Waals surface area contributed by atoms with E-state index in [1.807, 2.05) is 25.7 Å². The zero-order valence-corrected chi connectivity index (χ0v) is 22.4. The summed E-state index contributed by atoms with van der Waals surface area (Å²) < 4.78 is 14.9. The van der Waals surface area contributed by atoms with Crippen LogP contribution in [-0.4, -0.2) is 73.5 Å². The summed E-state index contributed by atoms with van der Waals surface area (Å²) in [7, 11) is 4.30. The fourth-order valence-electron chi connectivity index (χ4n) is 5.21. The number of likely N-dealkylation sites (tertiary alicyclic amines) is 1. The molecule has 0 N–H and O–H groups in total. The van der Waals surface area contributed by atoms with Gasteiger partial charge in [-0.1, -0.05) is 56.6 Å². The fourth-order valence-corrected chi connectivity index (χ4v) is 5.37. The number of hydrogen-bond acceptors (Lipinski definition) is 4. The molecule has 0 saturated carbocycles. The van der Waals surface area contributed by atoms with E-state index in [1.54, 1.807) is 12.1 Å². The summed E-state index contributed by atoms with van der Waals surface area (Å²) >= 11 is 6.02. The molecule has 4 rings (SSSR count). The van der Waals surface area contributed by atoms with Crippen LogP contribution in [0, 0.1) is 11.2 Å². The van der Waals surface area contributed by atoms with Gasteiger partial charge in [-0.3, -0.25) is 9.69 Å². The van der Waals surface area contributed by atoms with Crippen LogP contribution in [0.25, 0.3) is 0 Å². The Morgan fingerprint density at radius 2 is 1.77 bits per heavy atom. The minimum absolute atomic E-state index is 0.125. The van der Waals surface area contributed by atoms with E-state index in [0.29, 0.717) is 36.4 Å². The summed E-state index contributed by atoms with van der Waals surface area (Å²) in [5.74, 6) is -0.209. The van der Waals surface area contributed by atoms with Crippen molar-refractivity contribution in [3.8, 4) is 0 Å². The van der Waals surface area contributed by atoms with Crippen LogP contribution in [0.2, 0.25) is 5.02 Å². The van der Waals surface area contributed by atoms with Gasteiger partial charge in [0.05, 0.1) is 11.7 Å². The molecule has 7 heteroatoms. The highest BCUT2D eigenvalue weighted by Crippen LogP contribution is 2.35. The van der Waals surface area contributed by atoms with Crippen LogP contribution in [0.4, 0.5) is 10.1 Å². The number of rotatable bonds is 5. The number of halogens is 2. The van der Waals surface area contributed by atoms with Crippen molar-refractivity contribution in [3.63, 3.8) is 0 Å². The van der Waals surface area contributed by atoms with Gasteiger partial charge in [-0.25, -0.2) is 4.39 Å². The van der Waals surface area contributed by atoms with Crippen LogP contribution in [0.3, 0.4) is 0 Å². The molecule has 2 aliphatic rings. The molecule has 5 nitrogen and oxygen atoms in total. The summed E-state index contributed by atoms with van der Waals surface area (Å²) in [5, 5.41) is 0.382. The highest BCUT2D eigenvalue weighted by Gasteiger charge is 2.36. The Hall–Kier alpha value is -2.15. The van der Waals surface area contributed by atoms with E-state index in [9.17, 15) is 9.18 Å². The maximum atomic E-state index is 14.9. The first-order chi connectivity index (χ1) is 16.5. The van der Waals surface area contributed by atoms with Gasteiger partial charge in [0.1, 0.15) is 5.82 Å². The van der Waals surface area contributed by atoms with Crippen LogP contribution in [0.5, 0.6) is 0 Å². The molecular formula is C28H38ClFN4O. The van der Waals surface area contributed by atoms with Crippen molar-refractivity contribution in [1.82, 2.24) is 14.7 Å². The van der Waals surface area contributed by atoms with Gasteiger partial charge in [0, 0.05) is 55.7 Å². The Balaban J connectivity index is 1.56. The summed E-state index contributed by atoms with van der Waals surface area (Å²) in [5.41, 5.74) is 2.43. The van der Waals surface area contributed by atoms with Gasteiger partial charge in [0.15, 0.2) is 0 Å². The molecule has 1 amide bonds. The summed E-state index contributed by atoms with van der Waals surface area (Å²) in [4.78, 5) is 21.9. The Labute approximate surface area is 214 Å². The molecule has 0 spiro atoms. The number of nitrogens with zero attached hydrogens (tertiary/aromatic N) is 4. The second-order valence-corrected chi connectivity index (χ2v) is 11.6. The van der Waals surface area contributed by atoms with E-state index in [-0.39, 0.29) is 17.8 Å². The SMILES string of the molecule is CN(C)[C@H]1CCN(Cc2ccc([C@@H]3CN(C(=O)C(C)(C)C)CCN3c3ccc(Cl)cc3F)cc2)C1. The topological polar surface area (TPSA) is 30.0 Å². The Morgan fingerprint density at radius 3 is 2.37 bits per heavy atom. The van der Waals surface area contributed by atoms with Crippen LogP contribution in [0.15, 0.2) is 42.5 Å². The number of hydrogen-bond donors (Lipinski definition) is 0. The van der Waals surface area contributed by atoms with E-state index in [0.717, 1.165) is 25.2 Å². The monoisotopic (exact) mass is 500 g/mol. The van der Waals surface area contributed by atoms with E-state index in [4.69, 9.17) is 11.6 Å². The van der Waals surface area contributed by atoms with E-state index in [2.05, 4.69) is 53.1 Å². The van der Waals surface area contributed by atoms with Gasteiger partial charge in [0.2, 0.25) is 5.91 Å². The molecule has 0 unspecified atom stereocenters. The maximum Gasteiger partial charge on any atom is 0.228 e. The molecule has 0 aliphatic carbocycles. The predicted molar refractivity (Wildman–Crippen MR) is 141 cm³/mol. The molecule has 0 radical (unpaired) electrons. The normalized spacial score (nSPS) is 21.7. The molecule has 190 valence electrons. The average Bonchev–Trinajstić information content (AvgIpc) is 3.27. The third-order valence-corrected chi connectivity index (χ3v) is 7.51. The van der Waals surface area contributed by atoms with Crippen LogP contribution in [0.1, 0.15) is 44.4 Å². The number of carbonyl (C=O) groups excluding carboxylic acids is 1. The van der Waals surface area contributed by atoms with Crippen molar-refractivity contribution < 1.29 is 9.18 Å². The highest BCUT2D eigenvalue weighted by molar-refractivity contribution is 6.30. The minimum Gasteiger partial charge on any atom is -0.359 e. The van der Waals surface area contributed by atoms with E-state index in [1.165, 1.54) is 18.1 Å². The maximum absolute atomic E-state index is 14.9. The van der Waals surface area contributed by atoms with Crippen molar-refractivity contribution in [2.24, 2.45) is 5.41 Å². The molecular weight excluding hydrogens is 463 g/mol. The Bertz CT molecular complexity index is 1040. The van der Waals surface area contributed by atoms with Gasteiger partial charge in [-0.05, 0) is 49.8 Å². The van der Waals surface area contributed by atoms with Gasteiger partial charge >= 0.3 is 0 Å². The first-order valence-electron chi connectivity index (χ1n) is 12.5. The summed E-state index contributed by atoms with van der Waals surface area (Å²) in [6.45, 7) is 10.6. The zero-order chi connectivity index (χ0) is 25.3. The Morgan fingerprint density at radius 1 is 1.06 bits per heavy atom. The fraction of sp³-hybridized carbons (Fsp3) is 0.536. The number of piperazine rings is 1. The van der Waals surface area contributed by atoms with E-state index < -0.39 is 5.41 Å². The molecule has 2 atom stereocenters. The van der Waals surface area contributed by atoms with Crippen molar-refractivity contribution >= 4 is 23.2 Å². The molecule has 2 aliphatic heterocycles. The quantitative estimate of drug-likeness (QED) is 0.574. The van der Waals surface area contributed by atoms with Crippen molar-refractivity contribution in [2.45, 2.75) is 45.8 Å². The number of carbonyl (C=O) groups is 1. The van der Waals surface area contributed by atoms with Gasteiger partial charge in [-0.15, -0.1) is 0 Å². The second-order valence-electron chi connectivity index (χ2n) is 11.2. The zero-order valence-electron chi connectivity index (χ0n) is 21.6. The molecule has 2 aromatic rings. The lowest BCUT2D eigenvalue weighted by Crippen LogP contribution is -2.53. The number of anilines is 1. The number of benzene rings is 2. The molecule has 35 heavy (non-hydrogen) atoms. The molecule has 2 heterocycles. The molecule has 2 saturated heterocycles. The molecule has 2 aromatic carbocycles. The van der Waals surface area contributed by atoms with Gasteiger partial charge in [0.25, 0.3) is 0 Å². The lowest BCUT2D eigenvalue weighted by atomic mass is 9.92. The number of amides is 1. The third-order valence-electron chi connectivity index (χ3n) is 7.28. The first-order valence-corrected chi connectivity index (χ1v) is 12.9. The highest BCUT2D eigenvalue weighted by atomic mass is 35.5. The van der Waals surface area contributed by atoms with Crippen molar-refractivity contribution in [2.75, 3.05) is 51.7 Å². The number of likely N-dealkylation sites (N-methyl/N-ethyl adjacent to an activating group) is 1. The van der Waals surface area contributed by atoms with Gasteiger partial charge < -0.3 is 14.7 Å².